The molecule has 1 aromatic carbocycles. The van der Waals surface area contributed by atoms with Gasteiger partial charge < -0.3 is 21.2 Å². The van der Waals surface area contributed by atoms with Crippen molar-refractivity contribution >= 4 is 11.6 Å². The number of fused-ring (bicyclic) bond motifs is 1. The van der Waals surface area contributed by atoms with Crippen molar-refractivity contribution in [1.82, 2.24) is 0 Å². The maximum absolute atomic E-state index is 12.1. The molecule has 4 rings (SSSR count). The van der Waals surface area contributed by atoms with Crippen LogP contribution in [0.5, 0.6) is 0 Å². The van der Waals surface area contributed by atoms with Crippen LogP contribution in [-0.4, -0.2) is 53.0 Å². The Hall–Kier alpha value is -2.44. The Morgan fingerprint density at radius 3 is 2.96 bits per heavy atom. The number of amides is 1. The van der Waals surface area contributed by atoms with E-state index < -0.39 is 16.9 Å². The quantitative estimate of drug-likeness (QED) is 0.321. The number of nitrogens with zero attached hydrogens (tertiary/aromatic N) is 2. The standard InChI is InChI=1S/C21H26N4O2/c1-3-9-25(2)10-8-20-13-16(24-23)6-7-21(20,27)18(25)12-14-4-5-15(19(22)26)11-17(14)20/h3-7,11,18,27H,1,8-10,12-13,23H2,2H3,(H-,22,26)/p+1/b24-16-/t18-,20-,21-,25?/m1/s1. The molecule has 0 aromatic heterocycles. The molecule has 1 fully saturated rings. The Labute approximate surface area is 159 Å². The molecule has 1 amide bonds. The van der Waals surface area contributed by atoms with Crippen LogP contribution in [-0.2, 0) is 11.8 Å². The van der Waals surface area contributed by atoms with E-state index >= 15 is 0 Å². The number of hydrogen-bond donors (Lipinski definition) is 3. The van der Waals surface area contributed by atoms with Gasteiger partial charge in [0, 0.05) is 30.2 Å². The molecule has 4 atom stereocenters. The maximum Gasteiger partial charge on any atom is 0.248 e. The van der Waals surface area contributed by atoms with Gasteiger partial charge in [0.15, 0.2) is 0 Å². The molecule has 1 unspecified atom stereocenters. The van der Waals surface area contributed by atoms with Gasteiger partial charge in [-0.3, -0.25) is 4.79 Å². The molecule has 1 aromatic rings. The molecule has 2 aliphatic carbocycles. The van der Waals surface area contributed by atoms with Crippen LogP contribution in [0.25, 0.3) is 0 Å². The highest BCUT2D eigenvalue weighted by Crippen LogP contribution is 2.57. The summed E-state index contributed by atoms with van der Waals surface area (Å²) < 4.78 is 0.734. The van der Waals surface area contributed by atoms with Gasteiger partial charge in [-0.05, 0) is 41.5 Å². The van der Waals surface area contributed by atoms with Gasteiger partial charge in [0.2, 0.25) is 5.91 Å². The molecular formula is C21H27N4O2+. The van der Waals surface area contributed by atoms with Gasteiger partial charge in [0.1, 0.15) is 11.6 Å². The largest absolute Gasteiger partial charge is 0.379 e. The summed E-state index contributed by atoms with van der Waals surface area (Å²) in [7, 11) is 2.19. The molecular weight excluding hydrogens is 340 g/mol. The molecule has 6 nitrogen and oxygen atoms in total. The van der Waals surface area contributed by atoms with E-state index in [0.29, 0.717) is 12.0 Å². The zero-order chi connectivity index (χ0) is 19.4. The molecule has 142 valence electrons. The first-order chi connectivity index (χ1) is 12.8. The summed E-state index contributed by atoms with van der Waals surface area (Å²) in [6.07, 6.45) is 7.71. The summed E-state index contributed by atoms with van der Waals surface area (Å²) in [6, 6.07) is 5.64. The van der Waals surface area contributed by atoms with Gasteiger partial charge in [0.25, 0.3) is 0 Å². The smallest absolute Gasteiger partial charge is 0.248 e. The fourth-order valence-corrected chi connectivity index (χ4v) is 5.67. The number of benzene rings is 1. The predicted molar refractivity (Wildman–Crippen MR) is 105 cm³/mol. The number of hydrogen-bond acceptors (Lipinski definition) is 4. The summed E-state index contributed by atoms with van der Waals surface area (Å²) >= 11 is 0. The number of carbonyl (C=O) groups is 1. The van der Waals surface area contributed by atoms with E-state index in [-0.39, 0.29) is 6.04 Å². The van der Waals surface area contributed by atoms with Crippen LogP contribution in [0.3, 0.4) is 0 Å². The van der Waals surface area contributed by atoms with Gasteiger partial charge >= 0.3 is 0 Å². The SMILES string of the molecule is C=CC[N+]1(C)CC[C@]23C/C(=N\N)C=C[C@@]2(O)[C@H]1Cc1ccc(C(N)=O)cc13. The van der Waals surface area contributed by atoms with E-state index in [0.717, 1.165) is 47.3 Å². The van der Waals surface area contributed by atoms with Crippen LogP contribution >= 0.6 is 0 Å². The fraction of sp³-hybridized carbons (Fsp3) is 0.429. The molecule has 6 heteroatoms. The van der Waals surface area contributed by atoms with Gasteiger partial charge in [-0.2, -0.15) is 5.10 Å². The predicted octanol–water partition coefficient (Wildman–Crippen LogP) is 0.990. The van der Waals surface area contributed by atoms with Gasteiger partial charge in [-0.15, -0.1) is 0 Å². The third kappa shape index (κ3) is 2.26. The van der Waals surface area contributed by atoms with E-state index in [1.165, 1.54) is 0 Å². The van der Waals surface area contributed by atoms with Crippen molar-refractivity contribution in [2.24, 2.45) is 16.7 Å². The first kappa shape index (κ1) is 17.9. The van der Waals surface area contributed by atoms with Crippen molar-refractivity contribution in [2.45, 2.75) is 36.3 Å². The van der Waals surface area contributed by atoms with Crippen molar-refractivity contribution in [3.05, 3.63) is 59.7 Å². The molecule has 3 aliphatic rings. The molecule has 0 radical (unpaired) electrons. The number of likely N-dealkylation sites (tertiary alicyclic amines) is 1. The minimum Gasteiger partial charge on any atom is -0.379 e. The summed E-state index contributed by atoms with van der Waals surface area (Å²) in [6.45, 7) is 5.63. The Bertz CT molecular complexity index is 892. The second-order valence-corrected chi connectivity index (χ2v) is 8.42. The van der Waals surface area contributed by atoms with Gasteiger partial charge in [-0.1, -0.05) is 12.6 Å². The first-order valence-corrected chi connectivity index (χ1v) is 9.36. The molecule has 1 heterocycles. The highest BCUT2D eigenvalue weighted by molar-refractivity contribution is 5.98. The second-order valence-electron chi connectivity index (χ2n) is 8.42. The van der Waals surface area contributed by atoms with Crippen molar-refractivity contribution in [3.63, 3.8) is 0 Å². The lowest BCUT2D eigenvalue weighted by atomic mass is 9.50. The number of piperidine rings is 1. The maximum atomic E-state index is 12.1. The lowest BCUT2D eigenvalue weighted by Crippen LogP contribution is -2.77. The highest BCUT2D eigenvalue weighted by Gasteiger charge is 2.67. The Morgan fingerprint density at radius 1 is 1.52 bits per heavy atom. The summed E-state index contributed by atoms with van der Waals surface area (Å²) in [5.41, 5.74) is 7.34. The monoisotopic (exact) mass is 367 g/mol. The molecule has 0 spiro atoms. The van der Waals surface area contributed by atoms with Crippen molar-refractivity contribution in [1.29, 1.82) is 0 Å². The van der Waals surface area contributed by atoms with E-state index in [4.69, 9.17) is 11.6 Å². The van der Waals surface area contributed by atoms with Crippen LogP contribution < -0.4 is 11.6 Å². The number of aliphatic hydroxyl groups is 1. The zero-order valence-electron chi connectivity index (χ0n) is 15.7. The summed E-state index contributed by atoms with van der Waals surface area (Å²) in [4.78, 5) is 11.8. The Balaban J connectivity index is 1.99. The Morgan fingerprint density at radius 2 is 2.30 bits per heavy atom. The fourth-order valence-electron chi connectivity index (χ4n) is 5.67. The van der Waals surface area contributed by atoms with E-state index in [9.17, 15) is 9.90 Å². The third-order valence-electron chi connectivity index (χ3n) is 7.12. The molecule has 2 bridgehead atoms. The lowest BCUT2D eigenvalue weighted by Gasteiger charge is -2.63. The van der Waals surface area contributed by atoms with E-state index in [1.54, 1.807) is 6.07 Å². The Kier molecular flexibility index (Phi) is 3.84. The summed E-state index contributed by atoms with van der Waals surface area (Å²) in [5.74, 6) is 5.14. The molecule has 0 saturated carbocycles. The van der Waals surface area contributed by atoms with Crippen molar-refractivity contribution in [3.8, 4) is 0 Å². The van der Waals surface area contributed by atoms with Crippen LogP contribution in [0, 0.1) is 0 Å². The number of allylic oxidation sites excluding steroid dienone is 1. The number of hydrazone groups is 1. The number of rotatable bonds is 3. The van der Waals surface area contributed by atoms with Crippen molar-refractivity contribution in [2.75, 3.05) is 20.1 Å². The van der Waals surface area contributed by atoms with Gasteiger partial charge in [-0.25, -0.2) is 0 Å². The average Bonchev–Trinajstić information content (AvgIpc) is 2.64. The molecule has 5 N–H and O–H groups in total. The molecule has 27 heavy (non-hydrogen) atoms. The van der Waals surface area contributed by atoms with Crippen LogP contribution in [0.1, 0.15) is 34.3 Å². The number of nitrogens with two attached hydrogens (primary N) is 2. The van der Waals surface area contributed by atoms with Crippen LogP contribution in [0.15, 0.2) is 48.1 Å². The summed E-state index contributed by atoms with van der Waals surface area (Å²) in [5, 5.41) is 16.0. The van der Waals surface area contributed by atoms with Crippen LogP contribution in [0.2, 0.25) is 0 Å². The number of carbonyl (C=O) groups excluding carboxylic acids is 1. The highest BCUT2D eigenvalue weighted by atomic mass is 16.3. The lowest BCUT2D eigenvalue weighted by molar-refractivity contribution is -0.942. The first-order valence-electron chi connectivity index (χ1n) is 9.36. The van der Waals surface area contributed by atoms with Crippen LogP contribution in [0.4, 0.5) is 0 Å². The van der Waals surface area contributed by atoms with E-state index in [2.05, 4.69) is 18.7 Å². The van der Waals surface area contributed by atoms with Crippen molar-refractivity contribution < 1.29 is 14.4 Å². The van der Waals surface area contributed by atoms with E-state index in [1.807, 2.05) is 30.4 Å². The minimum atomic E-state index is -1.04. The average molecular weight is 367 g/mol. The molecule has 1 aliphatic heterocycles. The zero-order valence-corrected chi connectivity index (χ0v) is 15.7. The number of likely N-dealkylation sites (N-methyl/N-ethyl adjacent to an activating group) is 1. The van der Waals surface area contributed by atoms with Gasteiger partial charge in [0.05, 0.1) is 25.8 Å². The number of primary amides is 1. The second kappa shape index (κ2) is 5.78. The third-order valence-corrected chi connectivity index (χ3v) is 7.12. The molecule has 1 saturated heterocycles. The topological polar surface area (TPSA) is 102 Å². The number of quaternary nitrogens is 1. The minimum absolute atomic E-state index is 0.00764. The normalized spacial score (nSPS) is 38.1.